The van der Waals surface area contributed by atoms with Crippen LogP contribution in [0.4, 0.5) is 5.69 Å². The maximum absolute atomic E-state index is 12.4. The lowest BCUT2D eigenvalue weighted by molar-refractivity contribution is -0.140. The van der Waals surface area contributed by atoms with Crippen molar-refractivity contribution < 1.29 is 17.9 Å². The number of rotatable bonds is 5. The van der Waals surface area contributed by atoms with Gasteiger partial charge in [-0.1, -0.05) is 24.3 Å². The summed E-state index contributed by atoms with van der Waals surface area (Å²) in [6.07, 6.45) is 0. The third-order valence-electron chi connectivity index (χ3n) is 3.39. The molecule has 2 rings (SSSR count). The molecule has 0 aliphatic rings. The number of anilines is 1. The van der Waals surface area contributed by atoms with E-state index in [1.807, 2.05) is 12.1 Å². The number of carbonyl (C=O) groups excluding carboxylic acids is 1. The minimum absolute atomic E-state index is 0.114. The van der Waals surface area contributed by atoms with E-state index in [2.05, 4.69) is 4.74 Å². The number of benzene rings is 2. The van der Waals surface area contributed by atoms with Crippen LogP contribution in [0.1, 0.15) is 0 Å². The molecule has 0 amide bonds. The Kier molecular flexibility index (Phi) is 5.02. The second-order valence-electron chi connectivity index (χ2n) is 4.98. The van der Waals surface area contributed by atoms with Gasteiger partial charge in [-0.25, -0.2) is 8.42 Å². The first-order chi connectivity index (χ1) is 10.8. The summed E-state index contributed by atoms with van der Waals surface area (Å²) < 4.78 is 30.2. The fourth-order valence-electron chi connectivity index (χ4n) is 2.01. The van der Waals surface area contributed by atoms with E-state index in [9.17, 15) is 13.2 Å². The molecule has 122 valence electrons. The van der Waals surface area contributed by atoms with E-state index in [0.717, 1.165) is 15.4 Å². The van der Waals surface area contributed by atoms with Gasteiger partial charge in [0.15, 0.2) is 0 Å². The predicted molar refractivity (Wildman–Crippen MR) is 88.1 cm³/mol. The number of sulfonamides is 1. The minimum atomic E-state index is -3.74. The highest BCUT2D eigenvalue weighted by Crippen LogP contribution is 2.23. The largest absolute Gasteiger partial charge is 0.468 e. The Hall–Kier alpha value is -2.38. The standard InChI is InChI=1S/C16H18N2O4S/c1-18(11-16(19)22-2)23(20,21)15-9-5-13(6-10-15)12-3-7-14(17)8-4-12/h3-10H,11,17H2,1-2H3. The Morgan fingerprint density at radius 1 is 1.04 bits per heavy atom. The number of nitrogens with two attached hydrogens (primary N) is 1. The van der Waals surface area contributed by atoms with Gasteiger partial charge in [0.1, 0.15) is 6.54 Å². The topological polar surface area (TPSA) is 89.7 Å². The van der Waals surface area contributed by atoms with Gasteiger partial charge in [-0.15, -0.1) is 0 Å². The highest BCUT2D eigenvalue weighted by molar-refractivity contribution is 7.89. The number of ether oxygens (including phenoxy) is 1. The molecule has 7 heteroatoms. The molecule has 0 unspecified atom stereocenters. The number of carbonyl (C=O) groups is 1. The summed E-state index contributed by atoms with van der Waals surface area (Å²) in [5.41, 5.74) is 8.12. The summed E-state index contributed by atoms with van der Waals surface area (Å²) in [4.78, 5) is 11.3. The van der Waals surface area contributed by atoms with Crippen molar-refractivity contribution in [2.75, 3.05) is 26.4 Å². The summed E-state index contributed by atoms with van der Waals surface area (Å²) in [5, 5.41) is 0. The second-order valence-corrected chi connectivity index (χ2v) is 7.03. The maximum atomic E-state index is 12.4. The molecule has 0 saturated heterocycles. The number of hydrogen-bond donors (Lipinski definition) is 1. The molecule has 0 aromatic heterocycles. The molecule has 0 spiro atoms. The monoisotopic (exact) mass is 334 g/mol. The Balaban J connectivity index is 2.24. The van der Waals surface area contributed by atoms with Crippen molar-refractivity contribution in [3.05, 3.63) is 48.5 Å². The van der Waals surface area contributed by atoms with Crippen LogP contribution in [0.25, 0.3) is 11.1 Å². The Morgan fingerprint density at radius 2 is 1.52 bits per heavy atom. The molecule has 2 N–H and O–H groups in total. The number of likely N-dealkylation sites (N-methyl/N-ethyl adjacent to an activating group) is 1. The number of hydrogen-bond acceptors (Lipinski definition) is 5. The van der Waals surface area contributed by atoms with E-state index in [0.29, 0.717) is 5.69 Å². The fraction of sp³-hybridized carbons (Fsp3) is 0.188. The average Bonchev–Trinajstić information content (AvgIpc) is 2.55. The first-order valence-electron chi connectivity index (χ1n) is 6.83. The fourth-order valence-corrected chi connectivity index (χ4v) is 3.12. The Bertz CT molecular complexity index is 784. The van der Waals surface area contributed by atoms with E-state index in [4.69, 9.17) is 5.73 Å². The number of methoxy groups -OCH3 is 1. The van der Waals surface area contributed by atoms with Crippen LogP contribution in [0.5, 0.6) is 0 Å². The van der Waals surface area contributed by atoms with Gasteiger partial charge in [0.05, 0.1) is 12.0 Å². The van der Waals surface area contributed by atoms with Gasteiger partial charge in [0.2, 0.25) is 10.0 Å². The van der Waals surface area contributed by atoms with E-state index in [1.165, 1.54) is 26.3 Å². The summed E-state index contributed by atoms with van der Waals surface area (Å²) in [7, 11) is -1.19. The Labute approximate surface area is 135 Å². The number of nitrogen functional groups attached to an aromatic ring is 1. The van der Waals surface area contributed by atoms with Crippen molar-refractivity contribution in [3.8, 4) is 11.1 Å². The zero-order valence-corrected chi connectivity index (χ0v) is 13.7. The van der Waals surface area contributed by atoms with Crippen LogP contribution in [0, 0.1) is 0 Å². The van der Waals surface area contributed by atoms with E-state index < -0.39 is 16.0 Å². The lowest BCUT2D eigenvalue weighted by Gasteiger charge is -2.16. The van der Waals surface area contributed by atoms with Gasteiger partial charge >= 0.3 is 5.97 Å². The lowest BCUT2D eigenvalue weighted by atomic mass is 10.1. The molecule has 2 aromatic rings. The quantitative estimate of drug-likeness (QED) is 0.664. The molecule has 0 fully saturated rings. The molecule has 0 heterocycles. The molecule has 0 atom stereocenters. The summed E-state index contributed by atoms with van der Waals surface area (Å²) >= 11 is 0. The van der Waals surface area contributed by atoms with Crippen molar-refractivity contribution in [2.24, 2.45) is 0 Å². The van der Waals surface area contributed by atoms with Crippen molar-refractivity contribution in [2.45, 2.75) is 4.90 Å². The molecular weight excluding hydrogens is 316 g/mol. The first kappa shape index (κ1) is 17.0. The molecule has 0 aliphatic heterocycles. The van der Waals surface area contributed by atoms with Crippen molar-refractivity contribution >= 4 is 21.7 Å². The van der Waals surface area contributed by atoms with Crippen LogP contribution in [-0.4, -0.2) is 39.4 Å². The smallest absolute Gasteiger partial charge is 0.321 e. The van der Waals surface area contributed by atoms with E-state index in [1.54, 1.807) is 24.3 Å². The van der Waals surface area contributed by atoms with Gasteiger partial charge in [0, 0.05) is 12.7 Å². The summed E-state index contributed by atoms with van der Waals surface area (Å²) in [6, 6.07) is 13.7. The average molecular weight is 334 g/mol. The molecular formula is C16H18N2O4S. The molecule has 6 nitrogen and oxygen atoms in total. The normalized spacial score (nSPS) is 11.4. The van der Waals surface area contributed by atoms with Gasteiger partial charge in [-0.2, -0.15) is 4.31 Å². The van der Waals surface area contributed by atoms with Crippen LogP contribution in [-0.2, 0) is 19.6 Å². The van der Waals surface area contributed by atoms with Crippen LogP contribution < -0.4 is 5.73 Å². The zero-order valence-electron chi connectivity index (χ0n) is 12.9. The molecule has 0 aliphatic carbocycles. The number of nitrogens with zero attached hydrogens (tertiary/aromatic N) is 1. The molecule has 0 bridgehead atoms. The van der Waals surface area contributed by atoms with Gasteiger partial charge < -0.3 is 10.5 Å². The summed E-state index contributed by atoms with van der Waals surface area (Å²) in [5.74, 6) is -0.616. The minimum Gasteiger partial charge on any atom is -0.468 e. The van der Waals surface area contributed by atoms with Gasteiger partial charge in [0.25, 0.3) is 0 Å². The molecule has 0 saturated carbocycles. The van der Waals surface area contributed by atoms with Crippen molar-refractivity contribution in [3.63, 3.8) is 0 Å². The molecule has 23 heavy (non-hydrogen) atoms. The van der Waals surface area contributed by atoms with Gasteiger partial charge in [-0.3, -0.25) is 4.79 Å². The Morgan fingerprint density at radius 3 is 2.00 bits per heavy atom. The van der Waals surface area contributed by atoms with Crippen LogP contribution >= 0.6 is 0 Å². The van der Waals surface area contributed by atoms with Crippen molar-refractivity contribution in [1.29, 1.82) is 0 Å². The predicted octanol–water partition coefficient (Wildman–Crippen LogP) is 1.73. The summed E-state index contributed by atoms with van der Waals surface area (Å²) in [6.45, 7) is -0.335. The number of esters is 1. The van der Waals surface area contributed by atoms with Gasteiger partial charge in [-0.05, 0) is 35.4 Å². The van der Waals surface area contributed by atoms with E-state index in [-0.39, 0.29) is 11.4 Å². The van der Waals surface area contributed by atoms with Crippen LogP contribution in [0.2, 0.25) is 0 Å². The lowest BCUT2D eigenvalue weighted by Crippen LogP contribution is -2.32. The third kappa shape index (κ3) is 3.88. The van der Waals surface area contributed by atoms with Crippen molar-refractivity contribution in [1.82, 2.24) is 4.31 Å². The zero-order chi connectivity index (χ0) is 17.0. The van der Waals surface area contributed by atoms with Crippen LogP contribution in [0.15, 0.2) is 53.4 Å². The SMILES string of the molecule is COC(=O)CN(C)S(=O)(=O)c1ccc(-c2ccc(N)cc2)cc1. The first-order valence-corrected chi connectivity index (χ1v) is 8.27. The molecule has 0 radical (unpaired) electrons. The maximum Gasteiger partial charge on any atom is 0.321 e. The van der Waals surface area contributed by atoms with E-state index >= 15 is 0 Å². The second kappa shape index (κ2) is 6.80. The third-order valence-corrected chi connectivity index (χ3v) is 5.20. The highest BCUT2D eigenvalue weighted by Gasteiger charge is 2.23. The molecule has 2 aromatic carbocycles. The highest BCUT2D eigenvalue weighted by atomic mass is 32.2. The van der Waals surface area contributed by atoms with Crippen LogP contribution in [0.3, 0.4) is 0 Å².